The number of aliphatic hydroxyl groups excluding tert-OH is 1. The molecule has 0 aliphatic rings. The minimum absolute atomic E-state index is 0.107. The van der Waals surface area contributed by atoms with Gasteiger partial charge < -0.3 is 5.11 Å². The minimum Gasteiger partial charge on any atom is -0.392 e. The second-order valence-electron chi connectivity index (χ2n) is 3.58. The van der Waals surface area contributed by atoms with Crippen molar-refractivity contribution >= 4 is 28.7 Å². The van der Waals surface area contributed by atoms with Crippen molar-refractivity contribution in [3.63, 3.8) is 0 Å². The highest BCUT2D eigenvalue weighted by Gasteiger charge is 2.16. The molecular formula is C12H16OS2. The molecule has 0 aliphatic heterocycles. The first kappa shape index (κ1) is 12.7. The number of thioether (sulfide) groups is 1. The maximum atomic E-state index is 9.24. The van der Waals surface area contributed by atoms with Crippen LogP contribution in [0.2, 0.25) is 0 Å². The highest BCUT2D eigenvalue weighted by Crippen LogP contribution is 2.29. The summed E-state index contributed by atoms with van der Waals surface area (Å²) in [6, 6.07) is 8.02. The number of benzene rings is 1. The van der Waals surface area contributed by atoms with E-state index >= 15 is 0 Å². The molecule has 0 aromatic heterocycles. The maximum Gasteiger partial charge on any atom is 0.0684 e. The minimum atomic E-state index is 0.107. The van der Waals surface area contributed by atoms with Crippen molar-refractivity contribution < 1.29 is 5.11 Å². The molecule has 0 bridgehead atoms. The van der Waals surface area contributed by atoms with E-state index < -0.39 is 0 Å². The van der Waals surface area contributed by atoms with Crippen LogP contribution in [0.5, 0.6) is 0 Å². The summed E-state index contributed by atoms with van der Waals surface area (Å²) in [4.78, 5) is 0. The van der Waals surface area contributed by atoms with Crippen molar-refractivity contribution in [3.05, 3.63) is 35.4 Å². The van der Waals surface area contributed by atoms with Gasteiger partial charge in [0.2, 0.25) is 0 Å². The highest BCUT2D eigenvalue weighted by atomic mass is 32.2. The zero-order chi connectivity index (χ0) is 11.3. The molecule has 0 heterocycles. The number of hydrogen-bond donors (Lipinski definition) is 1. The predicted molar refractivity (Wildman–Crippen MR) is 71.5 cm³/mol. The van der Waals surface area contributed by atoms with Gasteiger partial charge in [0.05, 0.1) is 6.61 Å². The van der Waals surface area contributed by atoms with Crippen LogP contribution < -0.4 is 0 Å². The predicted octanol–water partition coefficient (Wildman–Crippen LogP) is 3.36. The summed E-state index contributed by atoms with van der Waals surface area (Å²) in [5.74, 6) is 0.401. The molecule has 1 rings (SSSR count). The van der Waals surface area contributed by atoms with Crippen LogP contribution in [0.3, 0.4) is 0 Å². The Labute approximate surface area is 101 Å². The maximum absolute atomic E-state index is 9.24. The molecule has 3 heteroatoms. The van der Waals surface area contributed by atoms with Crippen LogP contribution >= 0.6 is 24.0 Å². The molecule has 1 nitrogen and oxygen atoms in total. The van der Waals surface area contributed by atoms with E-state index in [1.165, 1.54) is 5.56 Å². The number of rotatable bonds is 5. The van der Waals surface area contributed by atoms with Gasteiger partial charge in [-0.3, -0.25) is 0 Å². The SMILES string of the molecule is CC(SC=S)C(C)c1ccccc1CO. The fourth-order valence-electron chi connectivity index (χ4n) is 1.58. The second kappa shape index (κ2) is 6.26. The molecule has 82 valence electrons. The molecule has 15 heavy (non-hydrogen) atoms. The van der Waals surface area contributed by atoms with E-state index in [0.29, 0.717) is 11.2 Å². The Morgan fingerprint density at radius 3 is 2.67 bits per heavy atom. The van der Waals surface area contributed by atoms with Crippen molar-refractivity contribution in [2.75, 3.05) is 0 Å². The largest absolute Gasteiger partial charge is 0.392 e. The quantitative estimate of drug-likeness (QED) is 0.797. The highest BCUT2D eigenvalue weighted by molar-refractivity contribution is 8.21. The van der Waals surface area contributed by atoms with Gasteiger partial charge in [0.25, 0.3) is 0 Å². The Morgan fingerprint density at radius 1 is 1.40 bits per heavy atom. The van der Waals surface area contributed by atoms with E-state index in [2.05, 4.69) is 19.9 Å². The van der Waals surface area contributed by atoms with Crippen LogP contribution in [0.15, 0.2) is 24.3 Å². The molecule has 0 aliphatic carbocycles. The van der Waals surface area contributed by atoms with E-state index in [1.807, 2.05) is 18.2 Å². The molecular weight excluding hydrogens is 224 g/mol. The number of hydrogen-bond acceptors (Lipinski definition) is 3. The van der Waals surface area contributed by atoms with Crippen molar-refractivity contribution in [1.29, 1.82) is 0 Å². The molecule has 0 amide bonds. The lowest BCUT2D eigenvalue weighted by Crippen LogP contribution is -2.10. The summed E-state index contributed by atoms with van der Waals surface area (Å²) >= 11 is 6.51. The van der Waals surface area contributed by atoms with Crippen LogP contribution in [-0.4, -0.2) is 15.1 Å². The van der Waals surface area contributed by atoms with Gasteiger partial charge in [-0.05, 0) is 17.0 Å². The Morgan fingerprint density at radius 2 is 2.07 bits per heavy atom. The number of thiocarbonyl (C=S) groups is 1. The summed E-state index contributed by atoms with van der Waals surface area (Å²) in [6.07, 6.45) is 0. The van der Waals surface area contributed by atoms with Gasteiger partial charge in [-0.2, -0.15) is 0 Å². The molecule has 0 radical (unpaired) electrons. The normalized spacial score (nSPS) is 14.6. The van der Waals surface area contributed by atoms with Gasteiger partial charge in [0, 0.05) is 9.95 Å². The van der Waals surface area contributed by atoms with Crippen LogP contribution in [0, 0.1) is 0 Å². The first-order valence-electron chi connectivity index (χ1n) is 4.98. The molecule has 0 saturated heterocycles. The average Bonchev–Trinajstić information content (AvgIpc) is 2.28. The van der Waals surface area contributed by atoms with Crippen molar-refractivity contribution in [1.82, 2.24) is 0 Å². The Hall–Kier alpha value is -0.380. The molecule has 2 unspecified atom stereocenters. The van der Waals surface area contributed by atoms with E-state index in [1.54, 1.807) is 16.5 Å². The lowest BCUT2D eigenvalue weighted by molar-refractivity contribution is 0.280. The monoisotopic (exact) mass is 240 g/mol. The summed E-state index contributed by atoms with van der Waals surface area (Å²) in [7, 11) is 0. The zero-order valence-electron chi connectivity index (χ0n) is 9.01. The van der Waals surface area contributed by atoms with Gasteiger partial charge in [0.1, 0.15) is 0 Å². The smallest absolute Gasteiger partial charge is 0.0684 e. The van der Waals surface area contributed by atoms with Gasteiger partial charge >= 0.3 is 0 Å². The van der Waals surface area contributed by atoms with Crippen LogP contribution in [0.1, 0.15) is 30.9 Å². The third-order valence-electron chi connectivity index (χ3n) is 2.69. The first-order chi connectivity index (χ1) is 7.20. The standard InChI is InChI=1S/C12H16OS2/c1-9(10(2)15-8-14)12-6-4-3-5-11(12)7-13/h3-6,8-10,13H,7H2,1-2H3. The van der Waals surface area contributed by atoms with Gasteiger partial charge in [-0.15, -0.1) is 11.8 Å². The Balaban J connectivity index is 2.89. The topological polar surface area (TPSA) is 20.2 Å². The average molecular weight is 240 g/mol. The molecule has 0 saturated carbocycles. The fourth-order valence-corrected chi connectivity index (χ4v) is 2.66. The fraction of sp³-hybridized carbons (Fsp3) is 0.417. The van der Waals surface area contributed by atoms with Crippen molar-refractivity contribution in [2.45, 2.75) is 31.6 Å². The van der Waals surface area contributed by atoms with Gasteiger partial charge in [0.15, 0.2) is 0 Å². The summed E-state index contributed by atoms with van der Waals surface area (Å²) in [6.45, 7) is 4.44. The lowest BCUT2D eigenvalue weighted by atomic mass is 9.94. The Bertz CT molecular complexity index is 325. The summed E-state index contributed by atoms with van der Waals surface area (Å²) < 4.78 is 1.71. The van der Waals surface area contributed by atoms with E-state index in [9.17, 15) is 5.11 Å². The van der Waals surface area contributed by atoms with E-state index in [4.69, 9.17) is 12.2 Å². The van der Waals surface area contributed by atoms with Gasteiger partial charge in [-0.25, -0.2) is 0 Å². The van der Waals surface area contributed by atoms with Crippen molar-refractivity contribution in [3.8, 4) is 0 Å². The molecule has 0 fully saturated rings. The van der Waals surface area contributed by atoms with Crippen LogP contribution in [0.4, 0.5) is 0 Å². The lowest BCUT2D eigenvalue weighted by Gasteiger charge is -2.20. The second-order valence-corrected chi connectivity index (χ2v) is 5.37. The molecule has 1 N–H and O–H groups in total. The third-order valence-corrected chi connectivity index (χ3v) is 3.97. The number of aliphatic hydroxyl groups is 1. The molecule has 1 aromatic carbocycles. The summed E-state index contributed by atoms with van der Waals surface area (Å²) in [5.41, 5.74) is 2.23. The first-order valence-corrected chi connectivity index (χ1v) is 6.40. The zero-order valence-corrected chi connectivity index (χ0v) is 10.6. The summed E-state index contributed by atoms with van der Waals surface area (Å²) in [5, 5.41) is 9.68. The van der Waals surface area contributed by atoms with Gasteiger partial charge in [-0.1, -0.05) is 50.3 Å². The third kappa shape index (κ3) is 3.30. The van der Waals surface area contributed by atoms with Crippen LogP contribution in [0.25, 0.3) is 0 Å². The molecule has 2 atom stereocenters. The molecule has 1 aromatic rings. The van der Waals surface area contributed by atoms with Crippen LogP contribution in [-0.2, 0) is 6.61 Å². The van der Waals surface area contributed by atoms with Crippen molar-refractivity contribution in [2.24, 2.45) is 0 Å². The Kier molecular flexibility index (Phi) is 5.29. The van der Waals surface area contributed by atoms with E-state index in [0.717, 1.165) is 5.56 Å². The van der Waals surface area contributed by atoms with E-state index in [-0.39, 0.29) is 6.61 Å². The molecule has 0 spiro atoms.